The second kappa shape index (κ2) is 8.53. The van der Waals surface area contributed by atoms with Gasteiger partial charge in [0.1, 0.15) is 11.5 Å². The number of nitrogens with zero attached hydrogens (tertiary/aromatic N) is 2. The number of fused-ring (bicyclic) bond motifs is 1. The average Bonchev–Trinajstić information content (AvgIpc) is 3.38. The van der Waals surface area contributed by atoms with Crippen LogP contribution < -0.4 is 4.74 Å². The largest absolute Gasteiger partial charge is 0.507 e. The van der Waals surface area contributed by atoms with E-state index in [2.05, 4.69) is 0 Å². The van der Waals surface area contributed by atoms with Crippen molar-refractivity contribution in [1.29, 1.82) is 0 Å². The first-order valence-electron chi connectivity index (χ1n) is 9.95. The summed E-state index contributed by atoms with van der Waals surface area (Å²) in [5, 5.41) is 14.9. The van der Waals surface area contributed by atoms with Crippen molar-refractivity contribution < 1.29 is 19.4 Å². The Morgan fingerprint density at radius 3 is 2.55 bits per heavy atom. The van der Waals surface area contributed by atoms with E-state index in [0.29, 0.717) is 18.7 Å². The highest BCUT2D eigenvalue weighted by Crippen LogP contribution is 2.41. The topological polar surface area (TPSA) is 70.1 Å². The van der Waals surface area contributed by atoms with Gasteiger partial charge in [0.25, 0.3) is 11.7 Å². The van der Waals surface area contributed by atoms with E-state index >= 15 is 0 Å². The molecule has 0 saturated carbocycles. The van der Waals surface area contributed by atoms with E-state index in [-0.39, 0.29) is 11.3 Å². The molecule has 0 spiro atoms. The number of carbonyl (C=O) groups excluding carboxylic acids is 2. The van der Waals surface area contributed by atoms with Crippen LogP contribution in [0.5, 0.6) is 5.75 Å². The number of aliphatic hydroxyl groups is 1. The van der Waals surface area contributed by atoms with Crippen LogP contribution in [0.2, 0.25) is 0 Å². The molecule has 1 aliphatic heterocycles. The predicted octanol–water partition coefficient (Wildman–Crippen LogP) is 3.89. The molecule has 4 rings (SSSR count). The Morgan fingerprint density at radius 2 is 1.87 bits per heavy atom. The number of amides is 1. The molecule has 31 heavy (non-hydrogen) atoms. The summed E-state index contributed by atoms with van der Waals surface area (Å²) in [6, 6.07) is 14.3. The van der Waals surface area contributed by atoms with E-state index in [4.69, 9.17) is 4.74 Å². The number of hydrogen-bond acceptors (Lipinski definition) is 6. The van der Waals surface area contributed by atoms with Crippen molar-refractivity contribution >= 4 is 39.6 Å². The minimum absolute atomic E-state index is 0.138. The van der Waals surface area contributed by atoms with E-state index in [1.165, 1.54) is 11.3 Å². The van der Waals surface area contributed by atoms with Crippen LogP contribution in [0.25, 0.3) is 16.5 Å². The zero-order valence-corrected chi connectivity index (χ0v) is 18.5. The molecular formula is C24H24N2O4S. The molecule has 6 nitrogen and oxygen atoms in total. The number of likely N-dealkylation sites (N-methyl/N-ethyl adjacent to an activating group) is 1. The molecule has 2 heterocycles. The van der Waals surface area contributed by atoms with Crippen LogP contribution in [0.1, 0.15) is 16.5 Å². The van der Waals surface area contributed by atoms with Gasteiger partial charge in [-0.15, -0.1) is 11.3 Å². The van der Waals surface area contributed by atoms with Crippen LogP contribution in [0, 0.1) is 0 Å². The molecule has 0 aliphatic carbocycles. The van der Waals surface area contributed by atoms with Crippen molar-refractivity contribution in [3.63, 3.8) is 0 Å². The van der Waals surface area contributed by atoms with Crippen molar-refractivity contribution in [2.45, 2.75) is 6.04 Å². The van der Waals surface area contributed by atoms with E-state index in [9.17, 15) is 14.7 Å². The van der Waals surface area contributed by atoms with E-state index in [0.717, 1.165) is 21.4 Å². The Morgan fingerprint density at radius 1 is 1.13 bits per heavy atom. The maximum absolute atomic E-state index is 13.0. The summed E-state index contributed by atoms with van der Waals surface area (Å²) < 4.78 is 5.27. The Labute approximate surface area is 185 Å². The lowest BCUT2D eigenvalue weighted by atomic mass is 9.98. The molecule has 160 valence electrons. The number of hydrogen-bond donors (Lipinski definition) is 1. The van der Waals surface area contributed by atoms with Gasteiger partial charge in [-0.05, 0) is 54.5 Å². The number of Topliss-reactive ketones (excluding diaryl/α,β-unsaturated/α-hetero) is 1. The highest BCUT2D eigenvalue weighted by molar-refractivity contribution is 7.10. The lowest BCUT2D eigenvalue weighted by Crippen LogP contribution is -2.35. The van der Waals surface area contributed by atoms with Crippen LogP contribution >= 0.6 is 11.3 Å². The molecule has 3 aromatic rings. The second-order valence-electron chi connectivity index (χ2n) is 7.74. The molecule has 7 heteroatoms. The summed E-state index contributed by atoms with van der Waals surface area (Å²) in [6.45, 7) is 1.02. The summed E-state index contributed by atoms with van der Waals surface area (Å²) >= 11 is 1.47. The molecule has 1 amide bonds. The number of ether oxygens (including phenoxy) is 1. The minimum Gasteiger partial charge on any atom is -0.507 e. The zero-order valence-electron chi connectivity index (χ0n) is 17.7. The molecule has 1 N–H and O–H groups in total. The molecule has 1 fully saturated rings. The molecule has 1 atom stereocenters. The molecule has 1 aliphatic rings. The predicted molar refractivity (Wildman–Crippen MR) is 122 cm³/mol. The number of likely N-dealkylation sites (tertiary alicyclic amines) is 1. The van der Waals surface area contributed by atoms with Gasteiger partial charge in [-0.25, -0.2) is 0 Å². The number of ketones is 1. The maximum atomic E-state index is 13.0. The molecule has 2 aromatic carbocycles. The van der Waals surface area contributed by atoms with E-state index in [1.807, 2.05) is 66.8 Å². The summed E-state index contributed by atoms with van der Waals surface area (Å²) in [7, 11) is 5.45. The highest BCUT2D eigenvalue weighted by atomic mass is 32.1. The standard InChI is InChI=1S/C24H24N2O4S/c1-25(2)10-11-26-21(19-5-4-12-31-19)20(23(28)24(26)29)22(27)17-7-6-16-14-18(30-3)9-8-15(16)13-17/h4-9,12-14,21,27H,10-11H2,1-3H3/b22-20+. The molecule has 0 radical (unpaired) electrons. The normalized spacial score (nSPS) is 18.3. The van der Waals surface area contributed by atoms with Crippen molar-refractivity contribution in [1.82, 2.24) is 9.80 Å². The number of methoxy groups -OCH3 is 1. The van der Waals surface area contributed by atoms with Gasteiger partial charge in [0.05, 0.1) is 18.7 Å². The Balaban J connectivity index is 1.81. The number of benzene rings is 2. The zero-order chi connectivity index (χ0) is 22.1. The van der Waals surface area contributed by atoms with Gasteiger partial charge < -0.3 is 19.6 Å². The molecule has 1 unspecified atom stereocenters. The average molecular weight is 437 g/mol. The van der Waals surface area contributed by atoms with Crippen LogP contribution in [0.4, 0.5) is 0 Å². The van der Waals surface area contributed by atoms with Crippen molar-refractivity contribution in [2.24, 2.45) is 0 Å². The van der Waals surface area contributed by atoms with E-state index < -0.39 is 17.7 Å². The van der Waals surface area contributed by atoms with Crippen LogP contribution in [-0.4, -0.2) is 60.9 Å². The first-order chi connectivity index (χ1) is 14.9. The van der Waals surface area contributed by atoms with Crippen LogP contribution in [0.3, 0.4) is 0 Å². The second-order valence-corrected chi connectivity index (χ2v) is 8.72. The van der Waals surface area contributed by atoms with Crippen LogP contribution in [-0.2, 0) is 9.59 Å². The lowest BCUT2D eigenvalue weighted by Gasteiger charge is -2.25. The fourth-order valence-corrected chi connectivity index (χ4v) is 4.66. The van der Waals surface area contributed by atoms with E-state index in [1.54, 1.807) is 18.1 Å². The number of rotatable bonds is 6. The fourth-order valence-electron chi connectivity index (χ4n) is 3.81. The van der Waals surface area contributed by atoms with Gasteiger partial charge in [-0.3, -0.25) is 9.59 Å². The highest BCUT2D eigenvalue weighted by Gasteiger charge is 2.46. The fraction of sp³-hybridized carbons (Fsp3) is 0.250. The Hall–Kier alpha value is -3.16. The van der Waals surface area contributed by atoms with Gasteiger partial charge in [0.2, 0.25) is 0 Å². The monoisotopic (exact) mass is 436 g/mol. The van der Waals surface area contributed by atoms with Crippen LogP contribution in [0.15, 0.2) is 59.5 Å². The Bertz CT molecular complexity index is 1170. The molecular weight excluding hydrogens is 412 g/mol. The first-order valence-corrected chi connectivity index (χ1v) is 10.8. The van der Waals surface area contributed by atoms with Crippen molar-refractivity contribution in [3.05, 3.63) is 69.9 Å². The minimum atomic E-state index is -0.649. The molecule has 1 aromatic heterocycles. The summed E-state index contributed by atoms with van der Waals surface area (Å²) in [4.78, 5) is 30.2. The summed E-state index contributed by atoms with van der Waals surface area (Å²) in [5.74, 6) is -0.632. The SMILES string of the molecule is COc1ccc2cc(/C(O)=C3\C(=O)C(=O)N(CCN(C)C)C3c3cccs3)ccc2c1. The third kappa shape index (κ3) is 3.94. The maximum Gasteiger partial charge on any atom is 0.295 e. The Kier molecular flexibility index (Phi) is 5.80. The first kappa shape index (κ1) is 21.1. The number of aliphatic hydroxyl groups excluding tert-OH is 1. The van der Waals surface area contributed by atoms with Gasteiger partial charge in [-0.2, -0.15) is 0 Å². The molecule has 1 saturated heterocycles. The summed E-state index contributed by atoms with van der Waals surface area (Å²) in [6.07, 6.45) is 0. The van der Waals surface area contributed by atoms with Gasteiger partial charge in [0.15, 0.2) is 0 Å². The van der Waals surface area contributed by atoms with Crippen molar-refractivity contribution in [2.75, 3.05) is 34.3 Å². The van der Waals surface area contributed by atoms with Gasteiger partial charge in [0, 0.05) is 23.5 Å². The van der Waals surface area contributed by atoms with Gasteiger partial charge in [-0.1, -0.05) is 24.3 Å². The van der Waals surface area contributed by atoms with Gasteiger partial charge >= 0.3 is 0 Å². The quantitative estimate of drug-likeness (QED) is 0.361. The van der Waals surface area contributed by atoms with Crippen molar-refractivity contribution in [3.8, 4) is 5.75 Å². The number of carbonyl (C=O) groups is 2. The lowest BCUT2D eigenvalue weighted by molar-refractivity contribution is -0.140. The summed E-state index contributed by atoms with van der Waals surface area (Å²) in [5.41, 5.74) is 0.643. The number of thiophene rings is 1. The smallest absolute Gasteiger partial charge is 0.295 e. The third-order valence-electron chi connectivity index (χ3n) is 5.46. The molecule has 0 bridgehead atoms. The third-order valence-corrected chi connectivity index (χ3v) is 6.39.